The lowest BCUT2D eigenvalue weighted by molar-refractivity contribution is 0.0951. The Morgan fingerprint density at radius 2 is 1.84 bits per heavy atom. The summed E-state index contributed by atoms with van der Waals surface area (Å²) in [5, 5.41) is 2.86. The van der Waals surface area contributed by atoms with E-state index >= 15 is 0 Å². The number of rotatable bonds is 4. The van der Waals surface area contributed by atoms with Crippen molar-refractivity contribution in [2.45, 2.75) is 6.54 Å². The molecule has 128 valence electrons. The van der Waals surface area contributed by atoms with Crippen LogP contribution in [0.5, 0.6) is 11.5 Å². The van der Waals surface area contributed by atoms with Gasteiger partial charge in [-0.25, -0.2) is 4.79 Å². The molecule has 0 unspecified atom stereocenters. The Morgan fingerprint density at radius 3 is 2.60 bits per heavy atom. The minimum atomic E-state index is -0.361. The predicted octanol–water partition coefficient (Wildman–Crippen LogP) is 2.30. The van der Waals surface area contributed by atoms with Crippen molar-refractivity contribution in [3.8, 4) is 11.5 Å². The SMILES string of the molecule is O=C(NCc1ccc2c(c1)OCO2)c1ccc(N2CCOC2=O)cc1. The fourth-order valence-corrected chi connectivity index (χ4v) is 2.76. The van der Waals surface area contributed by atoms with Crippen LogP contribution in [0, 0.1) is 0 Å². The highest BCUT2D eigenvalue weighted by atomic mass is 16.7. The van der Waals surface area contributed by atoms with Crippen molar-refractivity contribution in [1.82, 2.24) is 5.32 Å². The molecular formula is C18H16N2O5. The van der Waals surface area contributed by atoms with Gasteiger partial charge in [0, 0.05) is 17.8 Å². The number of ether oxygens (including phenoxy) is 3. The topological polar surface area (TPSA) is 77.1 Å². The van der Waals surface area contributed by atoms with Gasteiger partial charge in [0.1, 0.15) is 6.61 Å². The third kappa shape index (κ3) is 3.08. The largest absolute Gasteiger partial charge is 0.454 e. The number of amides is 2. The van der Waals surface area contributed by atoms with E-state index in [1.807, 2.05) is 18.2 Å². The van der Waals surface area contributed by atoms with Crippen molar-refractivity contribution in [1.29, 1.82) is 0 Å². The van der Waals surface area contributed by atoms with Crippen LogP contribution in [0.25, 0.3) is 0 Å². The molecule has 1 N–H and O–H groups in total. The van der Waals surface area contributed by atoms with Crippen LogP contribution in [-0.2, 0) is 11.3 Å². The van der Waals surface area contributed by atoms with Crippen LogP contribution >= 0.6 is 0 Å². The van der Waals surface area contributed by atoms with E-state index in [0.29, 0.717) is 36.8 Å². The van der Waals surface area contributed by atoms with E-state index in [9.17, 15) is 9.59 Å². The van der Waals surface area contributed by atoms with Gasteiger partial charge in [0.2, 0.25) is 6.79 Å². The van der Waals surface area contributed by atoms with E-state index in [1.165, 1.54) is 4.90 Å². The maximum absolute atomic E-state index is 12.3. The summed E-state index contributed by atoms with van der Waals surface area (Å²) in [6.45, 7) is 1.52. The summed E-state index contributed by atoms with van der Waals surface area (Å²) in [5.74, 6) is 1.22. The molecular weight excluding hydrogens is 324 g/mol. The number of carbonyl (C=O) groups is 2. The van der Waals surface area contributed by atoms with E-state index in [0.717, 1.165) is 11.3 Å². The number of fused-ring (bicyclic) bond motifs is 1. The summed E-state index contributed by atoms with van der Waals surface area (Å²) in [6.07, 6.45) is -0.361. The van der Waals surface area contributed by atoms with Crippen LogP contribution in [0.2, 0.25) is 0 Å². The van der Waals surface area contributed by atoms with Gasteiger partial charge in [0.15, 0.2) is 11.5 Å². The van der Waals surface area contributed by atoms with Crippen LogP contribution in [0.3, 0.4) is 0 Å². The van der Waals surface area contributed by atoms with E-state index in [1.54, 1.807) is 24.3 Å². The summed E-state index contributed by atoms with van der Waals surface area (Å²) in [5.41, 5.74) is 2.17. The average Bonchev–Trinajstić information content (AvgIpc) is 3.28. The summed E-state index contributed by atoms with van der Waals surface area (Å²) in [7, 11) is 0. The molecule has 7 heteroatoms. The fourth-order valence-electron chi connectivity index (χ4n) is 2.76. The molecule has 0 spiro atoms. The number of nitrogens with zero attached hydrogens (tertiary/aromatic N) is 1. The van der Waals surface area contributed by atoms with Crippen molar-refractivity contribution < 1.29 is 23.8 Å². The Hall–Kier alpha value is -3.22. The van der Waals surface area contributed by atoms with Gasteiger partial charge in [-0.1, -0.05) is 6.07 Å². The monoisotopic (exact) mass is 340 g/mol. The molecule has 1 saturated heterocycles. The lowest BCUT2D eigenvalue weighted by Gasteiger charge is -2.13. The third-order valence-electron chi connectivity index (χ3n) is 4.09. The van der Waals surface area contributed by atoms with Crippen LogP contribution in [-0.4, -0.2) is 31.9 Å². The van der Waals surface area contributed by atoms with E-state index in [4.69, 9.17) is 14.2 Å². The molecule has 2 aliphatic rings. The van der Waals surface area contributed by atoms with Gasteiger partial charge in [-0.3, -0.25) is 9.69 Å². The number of hydrogen-bond acceptors (Lipinski definition) is 5. The molecule has 7 nitrogen and oxygen atoms in total. The zero-order chi connectivity index (χ0) is 17.2. The number of anilines is 1. The molecule has 25 heavy (non-hydrogen) atoms. The van der Waals surface area contributed by atoms with Gasteiger partial charge >= 0.3 is 6.09 Å². The Bertz CT molecular complexity index is 819. The number of nitrogens with one attached hydrogen (secondary N) is 1. The first-order valence-electron chi connectivity index (χ1n) is 7.92. The first-order chi connectivity index (χ1) is 12.2. The maximum Gasteiger partial charge on any atom is 0.414 e. The number of cyclic esters (lactones) is 1. The van der Waals surface area contributed by atoms with Crippen LogP contribution < -0.4 is 19.7 Å². The molecule has 2 heterocycles. The highest BCUT2D eigenvalue weighted by Gasteiger charge is 2.23. The first-order valence-corrected chi connectivity index (χ1v) is 7.92. The summed E-state index contributed by atoms with van der Waals surface area (Å²) in [4.78, 5) is 25.4. The minimum Gasteiger partial charge on any atom is -0.454 e. The molecule has 0 aliphatic carbocycles. The van der Waals surface area contributed by atoms with Gasteiger partial charge in [-0.05, 0) is 42.0 Å². The molecule has 2 aromatic rings. The van der Waals surface area contributed by atoms with Gasteiger partial charge < -0.3 is 19.5 Å². The molecule has 0 radical (unpaired) electrons. The maximum atomic E-state index is 12.3. The Labute approximate surface area is 144 Å². The number of benzene rings is 2. The van der Waals surface area contributed by atoms with Gasteiger partial charge in [0.25, 0.3) is 5.91 Å². The zero-order valence-electron chi connectivity index (χ0n) is 13.4. The average molecular weight is 340 g/mol. The second-order valence-electron chi connectivity index (χ2n) is 5.68. The number of hydrogen-bond donors (Lipinski definition) is 1. The molecule has 2 aliphatic heterocycles. The lowest BCUT2D eigenvalue weighted by atomic mass is 10.1. The van der Waals surface area contributed by atoms with E-state index in [2.05, 4.69) is 5.32 Å². The summed E-state index contributed by atoms with van der Waals surface area (Å²) in [6, 6.07) is 12.4. The quantitative estimate of drug-likeness (QED) is 0.924. The highest BCUT2D eigenvalue weighted by Crippen LogP contribution is 2.32. The van der Waals surface area contributed by atoms with E-state index in [-0.39, 0.29) is 18.8 Å². The van der Waals surface area contributed by atoms with E-state index < -0.39 is 0 Å². The van der Waals surface area contributed by atoms with Crippen molar-refractivity contribution in [2.75, 3.05) is 24.8 Å². The molecule has 0 saturated carbocycles. The standard InChI is InChI=1S/C18H16N2O5/c21-17(19-10-12-1-6-15-16(9-12)25-11-24-15)13-2-4-14(5-3-13)20-7-8-23-18(20)22/h1-6,9H,7-8,10-11H2,(H,19,21). The predicted molar refractivity (Wildman–Crippen MR) is 88.9 cm³/mol. The first kappa shape index (κ1) is 15.3. The van der Waals surface area contributed by atoms with Crippen molar-refractivity contribution in [3.63, 3.8) is 0 Å². The Kier molecular flexibility index (Phi) is 3.89. The lowest BCUT2D eigenvalue weighted by Crippen LogP contribution is -2.24. The second-order valence-corrected chi connectivity index (χ2v) is 5.68. The summed E-state index contributed by atoms with van der Waals surface area (Å²) < 4.78 is 15.5. The minimum absolute atomic E-state index is 0.187. The highest BCUT2D eigenvalue weighted by molar-refractivity contribution is 5.95. The Balaban J connectivity index is 1.38. The van der Waals surface area contributed by atoms with Crippen LogP contribution in [0.15, 0.2) is 42.5 Å². The van der Waals surface area contributed by atoms with Gasteiger partial charge in [-0.2, -0.15) is 0 Å². The molecule has 0 aromatic heterocycles. The van der Waals surface area contributed by atoms with Crippen LogP contribution in [0.4, 0.5) is 10.5 Å². The zero-order valence-corrected chi connectivity index (χ0v) is 13.4. The molecule has 2 amide bonds. The van der Waals surface area contributed by atoms with Gasteiger partial charge in [0.05, 0.1) is 6.54 Å². The van der Waals surface area contributed by atoms with Crippen LogP contribution in [0.1, 0.15) is 15.9 Å². The van der Waals surface area contributed by atoms with Crippen molar-refractivity contribution >= 4 is 17.7 Å². The molecule has 2 aromatic carbocycles. The molecule has 1 fully saturated rings. The fraction of sp³-hybridized carbons (Fsp3) is 0.222. The normalized spacial score (nSPS) is 15.2. The Morgan fingerprint density at radius 1 is 1.04 bits per heavy atom. The third-order valence-corrected chi connectivity index (χ3v) is 4.09. The molecule has 4 rings (SSSR count). The van der Waals surface area contributed by atoms with Crippen molar-refractivity contribution in [2.24, 2.45) is 0 Å². The molecule has 0 bridgehead atoms. The smallest absolute Gasteiger partial charge is 0.414 e. The van der Waals surface area contributed by atoms with Crippen molar-refractivity contribution in [3.05, 3.63) is 53.6 Å². The molecule has 0 atom stereocenters. The van der Waals surface area contributed by atoms with Gasteiger partial charge in [-0.15, -0.1) is 0 Å². The summed E-state index contributed by atoms with van der Waals surface area (Å²) >= 11 is 0. The number of carbonyl (C=O) groups excluding carboxylic acids is 2. The second kappa shape index (κ2) is 6.35.